The van der Waals surface area contributed by atoms with Crippen LogP contribution in [0.15, 0.2) is 54.6 Å². The number of carbonyl (C=O) groups excluding carboxylic acids is 2. The molecule has 0 bridgehead atoms. The number of methoxy groups -OCH3 is 1. The number of H-pyrrole nitrogens is 1. The molecule has 0 aliphatic carbocycles. The van der Waals surface area contributed by atoms with Gasteiger partial charge in [-0.3, -0.25) is 20.0 Å². The van der Waals surface area contributed by atoms with Crippen LogP contribution in [-0.4, -0.2) is 45.6 Å². The van der Waals surface area contributed by atoms with Gasteiger partial charge in [0.25, 0.3) is 0 Å². The quantitative estimate of drug-likeness (QED) is 0.629. The van der Waals surface area contributed by atoms with Crippen molar-refractivity contribution in [1.29, 1.82) is 0 Å². The van der Waals surface area contributed by atoms with Crippen molar-refractivity contribution in [2.24, 2.45) is 5.92 Å². The molecule has 2 amide bonds. The monoisotopic (exact) mass is 405 g/mol. The smallest absolute Gasteiger partial charge is 0.248 e. The van der Waals surface area contributed by atoms with E-state index in [0.717, 1.165) is 16.9 Å². The highest BCUT2D eigenvalue weighted by Gasteiger charge is 2.34. The molecule has 154 valence electrons. The van der Waals surface area contributed by atoms with Crippen LogP contribution in [0, 0.1) is 5.92 Å². The highest BCUT2D eigenvalue weighted by Crippen LogP contribution is 2.21. The van der Waals surface area contributed by atoms with E-state index in [1.807, 2.05) is 54.6 Å². The highest BCUT2D eigenvalue weighted by molar-refractivity contribution is 5.96. The van der Waals surface area contributed by atoms with E-state index in [9.17, 15) is 9.59 Å². The minimum Gasteiger partial charge on any atom is -0.497 e. The molecule has 8 nitrogen and oxygen atoms in total. The minimum absolute atomic E-state index is 0.0193. The first-order chi connectivity index (χ1) is 14.6. The number of rotatable bonds is 7. The topological polar surface area (TPSA) is 100 Å². The molecule has 0 radical (unpaired) electrons. The third-order valence-corrected chi connectivity index (χ3v) is 5.10. The summed E-state index contributed by atoms with van der Waals surface area (Å²) in [6.07, 6.45) is 0.751. The summed E-state index contributed by atoms with van der Waals surface area (Å²) in [6, 6.07) is 17.4. The molecule has 1 saturated heterocycles. The van der Waals surface area contributed by atoms with Crippen molar-refractivity contribution in [3.63, 3.8) is 0 Å². The molecule has 1 aliphatic heterocycles. The van der Waals surface area contributed by atoms with E-state index in [1.165, 1.54) is 0 Å². The van der Waals surface area contributed by atoms with Crippen LogP contribution in [0.1, 0.15) is 23.4 Å². The maximum Gasteiger partial charge on any atom is 0.248 e. The number of amides is 2. The molecule has 1 aromatic heterocycles. The van der Waals surface area contributed by atoms with Gasteiger partial charge in [0.15, 0.2) is 0 Å². The average Bonchev–Trinajstić information content (AvgIpc) is 3.35. The normalized spacial score (nSPS) is 16.0. The van der Waals surface area contributed by atoms with Gasteiger partial charge in [-0.2, -0.15) is 4.98 Å². The molecule has 1 fully saturated rings. The first-order valence-corrected chi connectivity index (χ1v) is 9.77. The number of ether oxygens (including phenoxy) is 1. The van der Waals surface area contributed by atoms with Gasteiger partial charge < -0.3 is 9.64 Å². The van der Waals surface area contributed by atoms with Crippen LogP contribution >= 0.6 is 0 Å². The van der Waals surface area contributed by atoms with Gasteiger partial charge >= 0.3 is 0 Å². The van der Waals surface area contributed by atoms with Crippen molar-refractivity contribution in [2.45, 2.75) is 19.4 Å². The Bertz CT molecular complexity index is 1020. The van der Waals surface area contributed by atoms with E-state index in [4.69, 9.17) is 4.74 Å². The molecule has 3 aromatic rings. The van der Waals surface area contributed by atoms with Crippen LogP contribution in [-0.2, 0) is 22.6 Å². The summed E-state index contributed by atoms with van der Waals surface area (Å²) in [6.45, 7) is 0.902. The second-order valence-electron chi connectivity index (χ2n) is 7.28. The Hall–Kier alpha value is -3.68. The fourth-order valence-corrected chi connectivity index (χ4v) is 3.48. The number of nitrogens with one attached hydrogen (secondary N) is 2. The zero-order valence-electron chi connectivity index (χ0n) is 16.7. The molecule has 4 rings (SSSR count). The van der Waals surface area contributed by atoms with Gasteiger partial charge in [0.05, 0.1) is 13.0 Å². The molecular weight excluding hydrogens is 382 g/mol. The molecule has 1 atom stereocenters. The Balaban J connectivity index is 1.32. The maximum absolute atomic E-state index is 12.6. The number of nitrogens with zero attached hydrogens (tertiary/aromatic N) is 3. The fraction of sp³-hybridized carbons (Fsp3) is 0.273. The predicted molar refractivity (Wildman–Crippen MR) is 111 cm³/mol. The molecule has 30 heavy (non-hydrogen) atoms. The number of hydrogen-bond donors (Lipinski definition) is 2. The second-order valence-corrected chi connectivity index (χ2v) is 7.28. The number of aromatic amines is 1. The molecule has 0 spiro atoms. The SMILES string of the molecule is COc1ccc(Cc2nc(NC(=O)[C@H]3CC(=O)N(Cc4ccccc4)C3)n[nH]2)cc1. The van der Waals surface area contributed by atoms with E-state index in [0.29, 0.717) is 25.3 Å². The van der Waals surface area contributed by atoms with Crippen LogP contribution in [0.3, 0.4) is 0 Å². The van der Waals surface area contributed by atoms with Crippen molar-refractivity contribution >= 4 is 17.8 Å². The summed E-state index contributed by atoms with van der Waals surface area (Å²) >= 11 is 0. The number of benzene rings is 2. The summed E-state index contributed by atoms with van der Waals surface area (Å²) in [5.74, 6) is 0.977. The molecule has 8 heteroatoms. The zero-order valence-corrected chi connectivity index (χ0v) is 16.7. The van der Waals surface area contributed by atoms with Crippen LogP contribution < -0.4 is 10.1 Å². The summed E-state index contributed by atoms with van der Waals surface area (Å²) in [4.78, 5) is 30.9. The van der Waals surface area contributed by atoms with E-state index >= 15 is 0 Å². The fourth-order valence-electron chi connectivity index (χ4n) is 3.48. The summed E-state index contributed by atoms with van der Waals surface area (Å²) in [5, 5.41) is 9.64. The lowest BCUT2D eigenvalue weighted by atomic mass is 10.1. The van der Waals surface area contributed by atoms with Gasteiger partial charge in [-0.25, -0.2) is 0 Å². The van der Waals surface area contributed by atoms with Crippen LogP contribution in [0.2, 0.25) is 0 Å². The van der Waals surface area contributed by atoms with E-state index in [2.05, 4.69) is 20.5 Å². The second kappa shape index (κ2) is 8.77. The molecule has 0 unspecified atom stereocenters. The lowest BCUT2D eigenvalue weighted by Gasteiger charge is -2.16. The van der Waals surface area contributed by atoms with Gasteiger partial charge in [-0.05, 0) is 23.3 Å². The first kappa shape index (κ1) is 19.6. The molecular formula is C22H23N5O3. The van der Waals surface area contributed by atoms with Crippen molar-refractivity contribution in [3.05, 3.63) is 71.5 Å². The van der Waals surface area contributed by atoms with E-state index in [1.54, 1.807) is 12.0 Å². The Morgan fingerprint density at radius 3 is 2.67 bits per heavy atom. The van der Waals surface area contributed by atoms with Gasteiger partial charge in [-0.15, -0.1) is 5.10 Å². The highest BCUT2D eigenvalue weighted by atomic mass is 16.5. The molecule has 1 aliphatic rings. The summed E-state index contributed by atoms with van der Waals surface area (Å²) in [7, 11) is 1.62. The number of carbonyl (C=O) groups is 2. The number of hydrogen-bond acceptors (Lipinski definition) is 5. The van der Waals surface area contributed by atoms with E-state index < -0.39 is 5.92 Å². The number of aromatic nitrogens is 3. The van der Waals surface area contributed by atoms with Crippen molar-refractivity contribution in [3.8, 4) is 5.75 Å². The Labute approximate surface area is 174 Å². The lowest BCUT2D eigenvalue weighted by Crippen LogP contribution is -2.28. The minimum atomic E-state index is -0.412. The Morgan fingerprint density at radius 1 is 1.17 bits per heavy atom. The van der Waals surface area contributed by atoms with Crippen LogP contribution in [0.4, 0.5) is 5.95 Å². The van der Waals surface area contributed by atoms with Crippen molar-refractivity contribution in [2.75, 3.05) is 19.0 Å². The Morgan fingerprint density at radius 2 is 1.93 bits per heavy atom. The van der Waals surface area contributed by atoms with Crippen LogP contribution in [0.25, 0.3) is 0 Å². The van der Waals surface area contributed by atoms with Gasteiger partial charge in [-0.1, -0.05) is 42.5 Å². The van der Waals surface area contributed by atoms with Gasteiger partial charge in [0, 0.05) is 25.9 Å². The third kappa shape index (κ3) is 4.65. The zero-order chi connectivity index (χ0) is 20.9. The molecule has 2 aromatic carbocycles. The van der Waals surface area contributed by atoms with Crippen molar-refractivity contribution in [1.82, 2.24) is 20.1 Å². The molecule has 2 N–H and O–H groups in total. The summed E-state index contributed by atoms with van der Waals surface area (Å²) < 4.78 is 5.15. The molecule has 0 saturated carbocycles. The Kier molecular flexibility index (Phi) is 5.74. The van der Waals surface area contributed by atoms with E-state index in [-0.39, 0.29) is 24.2 Å². The van der Waals surface area contributed by atoms with Crippen molar-refractivity contribution < 1.29 is 14.3 Å². The predicted octanol–water partition coefficient (Wildman–Crippen LogP) is 2.39. The molecule has 2 heterocycles. The number of anilines is 1. The maximum atomic E-state index is 12.6. The first-order valence-electron chi connectivity index (χ1n) is 9.77. The average molecular weight is 405 g/mol. The van der Waals surface area contributed by atoms with Gasteiger partial charge in [0.1, 0.15) is 11.6 Å². The largest absolute Gasteiger partial charge is 0.497 e. The third-order valence-electron chi connectivity index (χ3n) is 5.10. The van der Waals surface area contributed by atoms with Crippen LogP contribution in [0.5, 0.6) is 5.75 Å². The van der Waals surface area contributed by atoms with Gasteiger partial charge in [0.2, 0.25) is 17.8 Å². The number of likely N-dealkylation sites (tertiary alicyclic amines) is 1. The lowest BCUT2D eigenvalue weighted by molar-refractivity contribution is -0.128. The standard InChI is InChI=1S/C22H23N5O3/c1-30-18-9-7-15(8-10-18)11-19-23-22(26-25-19)24-21(29)17-12-20(28)27(14-17)13-16-5-3-2-4-6-16/h2-10,17H,11-14H2,1H3,(H2,23,24,25,26,29)/t17-/m0/s1. The summed E-state index contributed by atoms with van der Waals surface area (Å²) in [5.41, 5.74) is 2.09.